The zero-order valence-corrected chi connectivity index (χ0v) is 13.1. The van der Waals surface area contributed by atoms with Gasteiger partial charge >= 0.3 is 0 Å². The van der Waals surface area contributed by atoms with Crippen LogP contribution in [0.25, 0.3) is 0 Å². The van der Waals surface area contributed by atoms with E-state index in [1.54, 1.807) is 0 Å². The fraction of sp³-hybridized carbons (Fsp3) is 0.455. The first kappa shape index (κ1) is 16.3. The number of aromatic hydroxyl groups is 1. The molecule has 2 N–H and O–H groups in total. The Kier molecular flexibility index (Phi) is 4.36. The minimum absolute atomic E-state index is 0.0402. The summed E-state index contributed by atoms with van der Waals surface area (Å²) >= 11 is 5.57. The molecule has 21 heavy (non-hydrogen) atoms. The molecule has 6 nitrogen and oxygen atoms in total. The quantitative estimate of drug-likeness (QED) is 0.798. The van der Waals surface area contributed by atoms with Crippen LogP contribution < -0.4 is 4.72 Å². The van der Waals surface area contributed by atoms with Crippen LogP contribution in [0.2, 0.25) is 5.02 Å². The van der Waals surface area contributed by atoms with Crippen molar-refractivity contribution in [3.05, 3.63) is 23.0 Å². The second kappa shape index (κ2) is 5.62. The fourth-order valence-corrected chi connectivity index (χ4v) is 5.54. The number of sulfonamides is 1. The summed E-state index contributed by atoms with van der Waals surface area (Å²) in [5.41, 5.74) is -0.367. The van der Waals surface area contributed by atoms with Gasteiger partial charge in [0.25, 0.3) is 0 Å². The Labute approximate surface area is 126 Å². The molecule has 0 spiro atoms. The molecule has 1 aliphatic rings. The average molecular weight is 358 g/mol. The Morgan fingerprint density at radius 1 is 1.29 bits per heavy atom. The van der Waals surface area contributed by atoms with E-state index in [1.807, 2.05) is 0 Å². The van der Waals surface area contributed by atoms with Crippen molar-refractivity contribution >= 4 is 37.1 Å². The molecule has 1 aliphatic heterocycles. The second-order valence-electron chi connectivity index (χ2n) is 4.78. The molecule has 0 radical (unpaired) electrons. The van der Waals surface area contributed by atoms with E-state index >= 15 is 0 Å². The molecule has 0 aliphatic carbocycles. The summed E-state index contributed by atoms with van der Waals surface area (Å²) in [4.78, 5) is 0. The highest BCUT2D eigenvalue weighted by Crippen LogP contribution is 2.34. The van der Waals surface area contributed by atoms with E-state index in [9.17, 15) is 26.3 Å². The average Bonchev–Trinajstić information content (AvgIpc) is 2.34. The van der Waals surface area contributed by atoms with Gasteiger partial charge in [-0.05, 0) is 18.9 Å². The molecule has 0 amide bonds. The van der Waals surface area contributed by atoms with Gasteiger partial charge in [0.05, 0.1) is 27.5 Å². The van der Waals surface area contributed by atoms with E-state index in [4.69, 9.17) is 11.6 Å². The number of nitrogens with one attached hydrogen (secondary N) is 1. The number of hydrogen-bond donors (Lipinski definition) is 2. The van der Waals surface area contributed by atoms with Crippen LogP contribution in [-0.2, 0) is 19.9 Å². The van der Waals surface area contributed by atoms with Crippen LogP contribution in [0.4, 0.5) is 10.1 Å². The van der Waals surface area contributed by atoms with Crippen LogP contribution in [0.15, 0.2) is 12.1 Å². The standard InChI is InChI=1S/C11H13ClFNO5S2/c12-9-5-7(13)6-10(11(9)15)14-21(18,19)8-1-3-20(16,17)4-2-8/h5-6,8,14-15H,1-4H2. The molecule has 118 valence electrons. The van der Waals surface area contributed by atoms with Gasteiger partial charge in [-0.1, -0.05) is 11.6 Å². The van der Waals surface area contributed by atoms with Crippen LogP contribution in [0, 0.1) is 5.82 Å². The maximum Gasteiger partial charge on any atom is 0.235 e. The second-order valence-corrected chi connectivity index (χ2v) is 9.45. The van der Waals surface area contributed by atoms with Gasteiger partial charge < -0.3 is 5.11 Å². The van der Waals surface area contributed by atoms with Crippen molar-refractivity contribution in [3.8, 4) is 5.75 Å². The Hall–Kier alpha value is -1.06. The molecule has 2 rings (SSSR count). The maximum atomic E-state index is 13.2. The fourth-order valence-electron chi connectivity index (χ4n) is 2.06. The highest BCUT2D eigenvalue weighted by molar-refractivity contribution is 7.94. The highest BCUT2D eigenvalue weighted by atomic mass is 35.5. The first-order valence-electron chi connectivity index (χ1n) is 6.01. The lowest BCUT2D eigenvalue weighted by Crippen LogP contribution is -2.36. The number of anilines is 1. The van der Waals surface area contributed by atoms with Crippen LogP contribution in [-0.4, -0.2) is 38.7 Å². The summed E-state index contributed by atoms with van der Waals surface area (Å²) in [5.74, 6) is -1.81. The van der Waals surface area contributed by atoms with Gasteiger partial charge in [-0.15, -0.1) is 0 Å². The van der Waals surface area contributed by atoms with Crippen LogP contribution in [0.5, 0.6) is 5.75 Å². The molecule has 0 aromatic heterocycles. The van der Waals surface area contributed by atoms with Crippen LogP contribution in [0.1, 0.15) is 12.8 Å². The topological polar surface area (TPSA) is 101 Å². The van der Waals surface area contributed by atoms with E-state index in [0.29, 0.717) is 0 Å². The Balaban J connectivity index is 2.23. The monoisotopic (exact) mass is 357 g/mol. The minimum Gasteiger partial charge on any atom is -0.504 e. The van der Waals surface area contributed by atoms with Gasteiger partial charge in [0.1, 0.15) is 15.7 Å². The Morgan fingerprint density at radius 3 is 2.43 bits per heavy atom. The molecule has 0 atom stereocenters. The third-order valence-electron chi connectivity index (χ3n) is 3.22. The summed E-state index contributed by atoms with van der Waals surface area (Å²) in [6, 6.07) is 1.65. The van der Waals surface area contributed by atoms with Crippen LogP contribution >= 0.6 is 11.6 Å². The number of hydrogen-bond acceptors (Lipinski definition) is 5. The zero-order valence-electron chi connectivity index (χ0n) is 10.7. The van der Waals surface area contributed by atoms with E-state index in [1.165, 1.54) is 0 Å². The van der Waals surface area contributed by atoms with Crippen molar-refractivity contribution in [3.63, 3.8) is 0 Å². The third-order valence-corrected chi connectivity index (χ3v) is 7.08. The molecule has 1 aromatic carbocycles. The normalized spacial score (nSPS) is 19.3. The SMILES string of the molecule is O=S1(=O)CCC(S(=O)(=O)Nc2cc(F)cc(Cl)c2O)CC1. The van der Waals surface area contributed by atoms with Gasteiger partial charge in [0.2, 0.25) is 10.0 Å². The first-order valence-corrected chi connectivity index (χ1v) is 9.75. The van der Waals surface area contributed by atoms with Crippen molar-refractivity contribution in [2.75, 3.05) is 16.2 Å². The minimum atomic E-state index is -3.94. The molecule has 1 aromatic rings. The zero-order chi connectivity index (χ0) is 15.8. The van der Waals surface area contributed by atoms with Gasteiger partial charge in [0, 0.05) is 6.07 Å². The number of rotatable bonds is 3. The molecule has 0 bridgehead atoms. The van der Waals surface area contributed by atoms with Crippen molar-refractivity contribution in [1.82, 2.24) is 0 Å². The predicted molar refractivity (Wildman–Crippen MR) is 77.3 cm³/mol. The summed E-state index contributed by atoms with van der Waals surface area (Å²) in [6.45, 7) is 0. The lowest BCUT2D eigenvalue weighted by Gasteiger charge is -2.23. The third kappa shape index (κ3) is 3.78. The van der Waals surface area contributed by atoms with Gasteiger partial charge in [0.15, 0.2) is 5.75 Å². The molecule has 0 unspecified atom stereocenters. The lowest BCUT2D eigenvalue weighted by molar-refractivity contribution is 0.475. The molecular formula is C11H13ClFNO5S2. The maximum absolute atomic E-state index is 13.2. The van der Waals surface area contributed by atoms with Gasteiger partial charge in [-0.3, -0.25) is 4.72 Å². The largest absolute Gasteiger partial charge is 0.504 e. The predicted octanol–water partition coefficient (Wildman–Crippen LogP) is 1.50. The van der Waals surface area contributed by atoms with Crippen molar-refractivity contribution in [1.29, 1.82) is 0 Å². The Morgan fingerprint density at radius 2 is 1.86 bits per heavy atom. The van der Waals surface area contributed by atoms with Crippen molar-refractivity contribution in [2.45, 2.75) is 18.1 Å². The number of sulfone groups is 1. The summed E-state index contributed by atoms with van der Waals surface area (Å²) < 4.78 is 62.2. The molecular weight excluding hydrogens is 345 g/mol. The summed E-state index contributed by atoms with van der Waals surface area (Å²) in [5, 5.41) is 8.41. The Bertz CT molecular complexity index is 749. The van der Waals surface area contributed by atoms with Gasteiger partial charge in [-0.2, -0.15) is 0 Å². The number of phenolic OH excluding ortho intramolecular Hbond substituents is 1. The molecule has 1 saturated heterocycles. The molecule has 0 saturated carbocycles. The molecule has 10 heteroatoms. The highest BCUT2D eigenvalue weighted by Gasteiger charge is 2.33. The summed E-state index contributed by atoms with van der Waals surface area (Å²) in [7, 11) is -7.14. The van der Waals surface area contributed by atoms with Gasteiger partial charge in [-0.25, -0.2) is 21.2 Å². The lowest BCUT2D eigenvalue weighted by atomic mass is 10.2. The molecule has 1 heterocycles. The van der Waals surface area contributed by atoms with Crippen LogP contribution in [0.3, 0.4) is 0 Å². The number of halogens is 2. The van der Waals surface area contributed by atoms with E-state index < -0.39 is 36.7 Å². The molecule has 1 fully saturated rings. The van der Waals surface area contributed by atoms with E-state index in [2.05, 4.69) is 4.72 Å². The number of phenols is 1. The van der Waals surface area contributed by atoms with Crippen molar-refractivity contribution < 1.29 is 26.3 Å². The summed E-state index contributed by atoms with van der Waals surface area (Å²) in [6.07, 6.45) is -0.0804. The van der Waals surface area contributed by atoms with E-state index in [-0.39, 0.29) is 35.1 Å². The number of benzene rings is 1. The van der Waals surface area contributed by atoms with Crippen molar-refractivity contribution in [2.24, 2.45) is 0 Å². The smallest absolute Gasteiger partial charge is 0.235 e. The first-order chi connectivity index (χ1) is 9.61. The van der Waals surface area contributed by atoms with E-state index in [0.717, 1.165) is 12.1 Å².